The Morgan fingerprint density at radius 1 is 1.00 bits per heavy atom. The summed E-state index contributed by atoms with van der Waals surface area (Å²) < 4.78 is 0. The third-order valence-corrected chi connectivity index (χ3v) is 3.76. The summed E-state index contributed by atoms with van der Waals surface area (Å²) in [6.07, 6.45) is 3.45. The summed E-state index contributed by atoms with van der Waals surface area (Å²) in [6, 6.07) is 11.4. The average Bonchev–Trinajstić information content (AvgIpc) is 2.46. The van der Waals surface area contributed by atoms with Crippen LogP contribution in [0.3, 0.4) is 0 Å². The molecule has 1 heterocycles. The van der Waals surface area contributed by atoms with Crippen LogP contribution in [0.2, 0.25) is 0 Å². The van der Waals surface area contributed by atoms with Gasteiger partial charge in [0.25, 0.3) is 5.69 Å². The molecule has 2 aromatic rings. The predicted molar refractivity (Wildman–Crippen MR) is 76.7 cm³/mol. The lowest BCUT2D eigenvalue weighted by molar-refractivity contribution is -0.382. The Bertz CT molecular complexity index is 619. The number of nitro groups is 1. The smallest absolute Gasteiger partial charge is 0.300 e. The molecule has 1 saturated heterocycles. The van der Waals surface area contributed by atoms with Crippen molar-refractivity contribution in [3.63, 3.8) is 0 Å². The molecular weight excluding hydrogens is 240 g/mol. The van der Waals surface area contributed by atoms with E-state index in [0.29, 0.717) is 0 Å². The molecule has 0 unspecified atom stereocenters. The van der Waals surface area contributed by atoms with Crippen molar-refractivity contribution in [1.82, 2.24) is 0 Å². The topological polar surface area (TPSA) is 46.4 Å². The maximum atomic E-state index is 11.5. The monoisotopic (exact) mass is 256 g/mol. The molecule has 3 rings (SSSR count). The Morgan fingerprint density at radius 2 is 1.74 bits per heavy atom. The van der Waals surface area contributed by atoms with E-state index in [0.717, 1.165) is 42.4 Å². The number of hydrogen-bond acceptors (Lipinski definition) is 3. The minimum absolute atomic E-state index is 0.244. The van der Waals surface area contributed by atoms with Crippen LogP contribution < -0.4 is 4.90 Å². The van der Waals surface area contributed by atoms with Gasteiger partial charge in [0.2, 0.25) is 0 Å². The predicted octanol–water partition coefficient (Wildman–Crippen LogP) is 3.74. The average molecular weight is 256 g/mol. The number of rotatable bonds is 2. The molecule has 0 bridgehead atoms. The van der Waals surface area contributed by atoms with E-state index in [-0.39, 0.29) is 10.6 Å². The van der Waals surface area contributed by atoms with Gasteiger partial charge in [-0.1, -0.05) is 24.3 Å². The first-order chi connectivity index (χ1) is 9.27. The van der Waals surface area contributed by atoms with E-state index in [9.17, 15) is 10.1 Å². The van der Waals surface area contributed by atoms with E-state index >= 15 is 0 Å². The summed E-state index contributed by atoms with van der Waals surface area (Å²) >= 11 is 0. The van der Waals surface area contributed by atoms with E-state index in [2.05, 4.69) is 4.90 Å². The molecule has 98 valence electrons. The van der Waals surface area contributed by atoms with Gasteiger partial charge in [0, 0.05) is 13.1 Å². The molecule has 0 saturated carbocycles. The van der Waals surface area contributed by atoms with Gasteiger partial charge in [-0.2, -0.15) is 0 Å². The standard InChI is InChI=1S/C15H16N2O2/c18-17(19)15-13-7-3-2-6-12(13)8-9-14(15)16-10-4-1-5-11-16/h2-3,6-9H,1,4-5,10-11H2. The van der Waals surface area contributed by atoms with Crippen molar-refractivity contribution in [2.24, 2.45) is 0 Å². The molecule has 1 fully saturated rings. The first kappa shape index (κ1) is 12.0. The Morgan fingerprint density at radius 3 is 2.47 bits per heavy atom. The zero-order valence-corrected chi connectivity index (χ0v) is 10.7. The molecule has 4 heteroatoms. The number of benzene rings is 2. The second-order valence-electron chi connectivity index (χ2n) is 4.96. The second kappa shape index (κ2) is 4.88. The fourth-order valence-electron chi connectivity index (χ4n) is 2.83. The van der Waals surface area contributed by atoms with Crippen LogP contribution in [0.1, 0.15) is 19.3 Å². The quantitative estimate of drug-likeness (QED) is 0.607. The van der Waals surface area contributed by atoms with Crippen molar-refractivity contribution in [2.45, 2.75) is 19.3 Å². The highest BCUT2D eigenvalue weighted by Crippen LogP contribution is 2.36. The van der Waals surface area contributed by atoms with E-state index in [1.807, 2.05) is 36.4 Å². The van der Waals surface area contributed by atoms with Crippen LogP contribution in [-0.4, -0.2) is 18.0 Å². The molecule has 0 N–H and O–H groups in total. The number of hydrogen-bond donors (Lipinski definition) is 0. The molecule has 0 radical (unpaired) electrons. The van der Waals surface area contributed by atoms with Crippen molar-refractivity contribution in [3.8, 4) is 0 Å². The Labute approximate surface area is 111 Å². The van der Waals surface area contributed by atoms with Crippen LogP contribution >= 0.6 is 0 Å². The lowest BCUT2D eigenvalue weighted by atomic mass is 10.0. The Hall–Kier alpha value is -2.10. The first-order valence-electron chi connectivity index (χ1n) is 6.68. The van der Waals surface area contributed by atoms with E-state index in [1.165, 1.54) is 6.42 Å². The molecule has 2 aromatic carbocycles. The number of anilines is 1. The highest BCUT2D eigenvalue weighted by atomic mass is 16.6. The lowest BCUT2D eigenvalue weighted by Gasteiger charge is -2.28. The van der Waals surface area contributed by atoms with Crippen LogP contribution in [0.15, 0.2) is 36.4 Å². The van der Waals surface area contributed by atoms with Gasteiger partial charge < -0.3 is 4.90 Å². The van der Waals surface area contributed by atoms with Crippen molar-refractivity contribution in [3.05, 3.63) is 46.5 Å². The molecule has 0 amide bonds. The molecule has 19 heavy (non-hydrogen) atoms. The highest BCUT2D eigenvalue weighted by Gasteiger charge is 2.23. The van der Waals surface area contributed by atoms with Gasteiger partial charge in [-0.25, -0.2) is 0 Å². The van der Waals surface area contributed by atoms with Gasteiger partial charge in [-0.15, -0.1) is 0 Å². The first-order valence-corrected chi connectivity index (χ1v) is 6.68. The summed E-state index contributed by atoms with van der Waals surface area (Å²) in [7, 11) is 0. The van der Waals surface area contributed by atoms with Gasteiger partial charge in [0.1, 0.15) is 5.69 Å². The SMILES string of the molecule is O=[N+]([O-])c1c(N2CCCCC2)ccc2ccccc12. The van der Waals surface area contributed by atoms with E-state index in [1.54, 1.807) is 0 Å². The zero-order valence-electron chi connectivity index (χ0n) is 10.7. The number of nitrogens with zero attached hydrogens (tertiary/aromatic N) is 2. The molecule has 1 aliphatic rings. The summed E-state index contributed by atoms with van der Waals surface area (Å²) in [5.41, 5.74) is 1.02. The normalized spacial score (nSPS) is 15.7. The van der Waals surface area contributed by atoms with E-state index < -0.39 is 0 Å². The number of piperidine rings is 1. The highest BCUT2D eigenvalue weighted by molar-refractivity contribution is 5.96. The van der Waals surface area contributed by atoms with Gasteiger partial charge in [0.15, 0.2) is 0 Å². The molecule has 4 nitrogen and oxygen atoms in total. The second-order valence-corrected chi connectivity index (χ2v) is 4.96. The third-order valence-electron chi connectivity index (χ3n) is 3.76. The molecular formula is C15H16N2O2. The van der Waals surface area contributed by atoms with Gasteiger partial charge in [0.05, 0.1) is 10.3 Å². The minimum Gasteiger partial charge on any atom is -0.366 e. The largest absolute Gasteiger partial charge is 0.366 e. The fourth-order valence-corrected chi connectivity index (χ4v) is 2.83. The summed E-state index contributed by atoms with van der Waals surface area (Å²) in [5, 5.41) is 13.1. The van der Waals surface area contributed by atoms with Crippen molar-refractivity contribution in [1.29, 1.82) is 0 Å². The van der Waals surface area contributed by atoms with Gasteiger partial charge >= 0.3 is 0 Å². The lowest BCUT2D eigenvalue weighted by Crippen LogP contribution is -2.29. The van der Waals surface area contributed by atoms with Gasteiger partial charge in [-0.3, -0.25) is 10.1 Å². The van der Waals surface area contributed by atoms with Crippen LogP contribution in [0.5, 0.6) is 0 Å². The molecule has 1 aliphatic heterocycles. The molecule has 0 spiro atoms. The van der Waals surface area contributed by atoms with Crippen LogP contribution in [0.25, 0.3) is 10.8 Å². The van der Waals surface area contributed by atoms with Gasteiger partial charge in [-0.05, 0) is 36.8 Å². The molecule has 0 aromatic heterocycles. The molecule has 0 atom stereocenters. The van der Waals surface area contributed by atoms with Crippen molar-refractivity contribution >= 4 is 22.1 Å². The minimum atomic E-state index is -0.244. The zero-order chi connectivity index (χ0) is 13.2. The maximum absolute atomic E-state index is 11.5. The van der Waals surface area contributed by atoms with Crippen molar-refractivity contribution < 1.29 is 4.92 Å². The maximum Gasteiger partial charge on any atom is 0.300 e. The van der Waals surface area contributed by atoms with E-state index in [4.69, 9.17) is 0 Å². The van der Waals surface area contributed by atoms with Crippen LogP contribution in [0, 0.1) is 10.1 Å². The summed E-state index contributed by atoms with van der Waals surface area (Å²) in [5.74, 6) is 0. The Balaban J connectivity index is 2.18. The van der Waals surface area contributed by atoms with Crippen LogP contribution in [0.4, 0.5) is 11.4 Å². The third kappa shape index (κ3) is 2.14. The molecule has 0 aliphatic carbocycles. The van der Waals surface area contributed by atoms with Crippen molar-refractivity contribution in [2.75, 3.05) is 18.0 Å². The number of fused-ring (bicyclic) bond motifs is 1. The summed E-state index contributed by atoms with van der Waals surface area (Å²) in [6.45, 7) is 1.83. The Kier molecular flexibility index (Phi) is 3.07. The number of nitro benzene ring substituents is 1. The fraction of sp³-hybridized carbons (Fsp3) is 0.333. The van der Waals surface area contributed by atoms with Crippen LogP contribution in [-0.2, 0) is 0 Å². The summed E-state index contributed by atoms with van der Waals surface area (Å²) in [4.78, 5) is 13.4.